The van der Waals surface area contributed by atoms with E-state index < -0.39 is 5.54 Å². The van der Waals surface area contributed by atoms with Gasteiger partial charge in [-0.25, -0.2) is 0 Å². The van der Waals surface area contributed by atoms with Crippen molar-refractivity contribution >= 4 is 11.8 Å². The Kier molecular flexibility index (Phi) is 5.42. The minimum Gasteiger partial charge on any atom is -0.381 e. The molecule has 25 heavy (non-hydrogen) atoms. The second-order valence-electron chi connectivity index (χ2n) is 7.36. The Morgan fingerprint density at radius 1 is 1.32 bits per heavy atom. The predicted molar refractivity (Wildman–Crippen MR) is 92.9 cm³/mol. The monoisotopic (exact) mass is 348 g/mol. The molecule has 0 N–H and O–H groups in total. The summed E-state index contributed by atoms with van der Waals surface area (Å²) in [5, 5.41) is 4.34. The number of nitrogens with zero attached hydrogens (tertiary/aromatic N) is 4. The van der Waals surface area contributed by atoms with Crippen LogP contribution in [-0.2, 0) is 19.9 Å². The number of likely N-dealkylation sites (N-methyl/N-ethyl adjacent to an activating group) is 1. The van der Waals surface area contributed by atoms with E-state index in [1.165, 1.54) is 0 Å². The Labute approximate surface area is 148 Å². The van der Waals surface area contributed by atoms with E-state index in [4.69, 9.17) is 4.74 Å². The summed E-state index contributed by atoms with van der Waals surface area (Å²) in [6.07, 6.45) is 7.46. The molecule has 0 spiro atoms. The SMILES string of the molecule is CN(C)C(=O)C1(n2cccn2)CCCN(C(=O)CC2CCOCC2)C1. The number of hydrogen-bond donors (Lipinski definition) is 0. The van der Waals surface area contributed by atoms with Gasteiger partial charge in [0.05, 0.1) is 6.54 Å². The first-order valence-corrected chi connectivity index (χ1v) is 9.10. The summed E-state index contributed by atoms with van der Waals surface area (Å²) < 4.78 is 7.12. The minimum absolute atomic E-state index is 0.000216. The molecular formula is C18H28N4O3. The zero-order valence-electron chi connectivity index (χ0n) is 15.2. The normalized spacial score (nSPS) is 25.0. The average Bonchev–Trinajstić information content (AvgIpc) is 3.17. The third-order valence-corrected chi connectivity index (χ3v) is 5.37. The summed E-state index contributed by atoms with van der Waals surface area (Å²) in [6, 6.07) is 1.83. The Balaban J connectivity index is 1.76. The number of carbonyl (C=O) groups excluding carboxylic acids is 2. The van der Waals surface area contributed by atoms with Gasteiger partial charge in [0.15, 0.2) is 5.54 Å². The molecule has 7 heteroatoms. The van der Waals surface area contributed by atoms with E-state index in [9.17, 15) is 9.59 Å². The zero-order valence-corrected chi connectivity index (χ0v) is 15.2. The molecule has 3 rings (SSSR count). The highest BCUT2D eigenvalue weighted by molar-refractivity contribution is 5.86. The van der Waals surface area contributed by atoms with Crippen molar-refractivity contribution in [3.05, 3.63) is 18.5 Å². The Morgan fingerprint density at radius 3 is 2.72 bits per heavy atom. The molecule has 2 saturated heterocycles. The van der Waals surface area contributed by atoms with Gasteiger partial charge < -0.3 is 14.5 Å². The lowest BCUT2D eigenvalue weighted by molar-refractivity contribution is -0.147. The number of amides is 2. The van der Waals surface area contributed by atoms with E-state index in [1.54, 1.807) is 29.9 Å². The van der Waals surface area contributed by atoms with Crippen LogP contribution in [0.1, 0.15) is 32.1 Å². The maximum Gasteiger partial charge on any atom is 0.251 e. The number of aromatic nitrogens is 2. The van der Waals surface area contributed by atoms with E-state index in [-0.39, 0.29) is 11.8 Å². The Morgan fingerprint density at radius 2 is 2.08 bits per heavy atom. The largest absolute Gasteiger partial charge is 0.381 e. The fourth-order valence-electron chi connectivity index (χ4n) is 3.97. The first-order valence-electron chi connectivity index (χ1n) is 9.10. The summed E-state index contributed by atoms with van der Waals surface area (Å²) in [7, 11) is 3.52. The van der Waals surface area contributed by atoms with Crippen molar-refractivity contribution in [2.45, 2.75) is 37.6 Å². The molecular weight excluding hydrogens is 320 g/mol. The molecule has 1 atom stereocenters. The topological polar surface area (TPSA) is 67.7 Å². The predicted octanol–water partition coefficient (Wildman–Crippen LogP) is 1.11. The van der Waals surface area contributed by atoms with Crippen LogP contribution < -0.4 is 0 Å². The molecule has 1 aromatic rings. The van der Waals surface area contributed by atoms with E-state index >= 15 is 0 Å². The average molecular weight is 348 g/mol. The van der Waals surface area contributed by atoms with Gasteiger partial charge in [0.25, 0.3) is 5.91 Å². The summed E-state index contributed by atoms with van der Waals surface area (Å²) in [4.78, 5) is 29.3. The van der Waals surface area contributed by atoms with Crippen LogP contribution in [0.5, 0.6) is 0 Å². The van der Waals surface area contributed by atoms with Crippen LogP contribution in [0.2, 0.25) is 0 Å². The van der Waals surface area contributed by atoms with Gasteiger partial charge in [-0.15, -0.1) is 0 Å². The van der Waals surface area contributed by atoms with Crippen LogP contribution in [0.4, 0.5) is 0 Å². The van der Waals surface area contributed by atoms with E-state index in [2.05, 4.69) is 5.10 Å². The van der Waals surface area contributed by atoms with Crippen molar-refractivity contribution in [1.29, 1.82) is 0 Å². The molecule has 7 nitrogen and oxygen atoms in total. The molecule has 138 valence electrons. The van der Waals surface area contributed by atoms with Crippen LogP contribution in [0.3, 0.4) is 0 Å². The highest BCUT2D eigenvalue weighted by Gasteiger charge is 2.46. The Bertz CT molecular complexity index is 595. The number of ether oxygens (including phenoxy) is 1. The number of hydrogen-bond acceptors (Lipinski definition) is 4. The lowest BCUT2D eigenvalue weighted by Gasteiger charge is -2.43. The molecule has 2 aliphatic rings. The zero-order chi connectivity index (χ0) is 17.9. The van der Waals surface area contributed by atoms with Gasteiger partial charge in [-0.05, 0) is 37.7 Å². The fourth-order valence-corrected chi connectivity index (χ4v) is 3.97. The first-order chi connectivity index (χ1) is 12.0. The molecule has 0 bridgehead atoms. The molecule has 3 heterocycles. The molecule has 1 unspecified atom stereocenters. The number of piperidine rings is 1. The number of likely N-dealkylation sites (tertiary alicyclic amines) is 1. The lowest BCUT2D eigenvalue weighted by Crippen LogP contribution is -2.59. The molecule has 0 aliphatic carbocycles. The van der Waals surface area contributed by atoms with Crippen LogP contribution in [0, 0.1) is 5.92 Å². The third-order valence-electron chi connectivity index (χ3n) is 5.37. The van der Waals surface area contributed by atoms with Crippen molar-refractivity contribution in [2.24, 2.45) is 5.92 Å². The lowest BCUT2D eigenvalue weighted by atomic mass is 9.86. The van der Waals surface area contributed by atoms with Crippen molar-refractivity contribution in [3.8, 4) is 0 Å². The summed E-state index contributed by atoms with van der Waals surface area (Å²) >= 11 is 0. The van der Waals surface area contributed by atoms with Gasteiger partial charge in [-0.2, -0.15) is 5.10 Å². The van der Waals surface area contributed by atoms with E-state index in [0.717, 1.165) is 32.5 Å². The van der Waals surface area contributed by atoms with Gasteiger partial charge in [-0.3, -0.25) is 14.3 Å². The van der Waals surface area contributed by atoms with Crippen LogP contribution >= 0.6 is 0 Å². The van der Waals surface area contributed by atoms with Crippen molar-refractivity contribution in [3.63, 3.8) is 0 Å². The summed E-state index contributed by atoms with van der Waals surface area (Å²) in [5.74, 6) is 0.543. The minimum atomic E-state index is -0.795. The summed E-state index contributed by atoms with van der Waals surface area (Å²) in [6.45, 7) is 2.60. The standard InChI is InChI=1S/C18H28N4O3/c1-20(2)17(24)18(22-10-4-8-19-22)7-3-9-21(14-18)16(23)13-15-5-11-25-12-6-15/h4,8,10,15H,3,5-7,9,11-14H2,1-2H3. The van der Waals surface area contributed by atoms with E-state index in [1.807, 2.05) is 17.2 Å². The van der Waals surface area contributed by atoms with Gasteiger partial charge in [-0.1, -0.05) is 0 Å². The van der Waals surface area contributed by atoms with Crippen molar-refractivity contribution in [1.82, 2.24) is 19.6 Å². The molecule has 1 aromatic heterocycles. The smallest absolute Gasteiger partial charge is 0.251 e. The second-order valence-corrected chi connectivity index (χ2v) is 7.36. The van der Waals surface area contributed by atoms with Crippen LogP contribution in [-0.4, -0.2) is 71.8 Å². The maximum absolute atomic E-state index is 13.0. The summed E-state index contributed by atoms with van der Waals surface area (Å²) in [5.41, 5.74) is -0.795. The highest BCUT2D eigenvalue weighted by Crippen LogP contribution is 2.31. The van der Waals surface area contributed by atoms with Crippen LogP contribution in [0.15, 0.2) is 18.5 Å². The third kappa shape index (κ3) is 3.71. The molecule has 2 amide bonds. The van der Waals surface area contributed by atoms with Gasteiger partial charge in [0.1, 0.15) is 0 Å². The van der Waals surface area contributed by atoms with Crippen LogP contribution in [0.25, 0.3) is 0 Å². The molecule has 2 fully saturated rings. The van der Waals surface area contributed by atoms with Gasteiger partial charge >= 0.3 is 0 Å². The van der Waals surface area contributed by atoms with E-state index in [0.29, 0.717) is 31.8 Å². The highest BCUT2D eigenvalue weighted by atomic mass is 16.5. The molecule has 0 aromatic carbocycles. The fraction of sp³-hybridized carbons (Fsp3) is 0.722. The maximum atomic E-state index is 13.0. The molecule has 2 aliphatic heterocycles. The number of rotatable bonds is 4. The molecule has 0 radical (unpaired) electrons. The number of carbonyl (C=O) groups is 2. The van der Waals surface area contributed by atoms with Crippen molar-refractivity contribution < 1.29 is 14.3 Å². The Hall–Kier alpha value is -1.89. The van der Waals surface area contributed by atoms with Crippen molar-refractivity contribution in [2.75, 3.05) is 40.4 Å². The quantitative estimate of drug-likeness (QED) is 0.817. The van der Waals surface area contributed by atoms with Gasteiger partial charge in [0.2, 0.25) is 5.91 Å². The molecule has 0 saturated carbocycles. The second kappa shape index (κ2) is 7.56. The van der Waals surface area contributed by atoms with Gasteiger partial charge in [0, 0.05) is 52.7 Å². The first kappa shape index (κ1) is 17.9.